The molecule has 3 fully saturated rings. The van der Waals surface area contributed by atoms with Crippen LogP contribution in [0.2, 0.25) is 0 Å². The SMILES string of the molecule is C/C(=C/CO)CC[C@H]1[C@]2(C)C[C@H](O)[C@H]3C(C)(C)CCC[C@]3(C)[C@H]2CC[C@]1(C)O. The van der Waals surface area contributed by atoms with Gasteiger partial charge in [-0.3, -0.25) is 0 Å². The van der Waals surface area contributed by atoms with Crippen LogP contribution in [0, 0.1) is 34.0 Å². The van der Waals surface area contributed by atoms with Crippen LogP contribution in [0.3, 0.4) is 0 Å². The van der Waals surface area contributed by atoms with E-state index in [1.54, 1.807) is 0 Å². The molecule has 0 aromatic carbocycles. The summed E-state index contributed by atoms with van der Waals surface area (Å²) in [6, 6.07) is 0. The lowest BCUT2D eigenvalue weighted by Gasteiger charge is -2.68. The number of hydrogen-bond acceptors (Lipinski definition) is 3. The van der Waals surface area contributed by atoms with Gasteiger partial charge in [-0.15, -0.1) is 0 Å². The quantitative estimate of drug-likeness (QED) is 0.584. The zero-order valence-corrected chi connectivity index (χ0v) is 19.1. The highest BCUT2D eigenvalue weighted by molar-refractivity contribution is 5.15. The molecule has 0 aliphatic heterocycles. The molecule has 0 saturated heterocycles. The summed E-state index contributed by atoms with van der Waals surface area (Å²) in [6.07, 6.45) is 9.84. The Labute approximate surface area is 172 Å². The van der Waals surface area contributed by atoms with Crippen molar-refractivity contribution in [3.63, 3.8) is 0 Å². The Bertz CT molecular complexity index is 607. The molecule has 0 unspecified atom stereocenters. The van der Waals surface area contributed by atoms with Gasteiger partial charge in [0.2, 0.25) is 0 Å². The molecule has 3 heteroatoms. The van der Waals surface area contributed by atoms with Crippen molar-refractivity contribution in [1.82, 2.24) is 0 Å². The summed E-state index contributed by atoms with van der Waals surface area (Å²) in [4.78, 5) is 0. The predicted octanol–water partition coefficient (Wildman–Crippen LogP) is 5.09. The van der Waals surface area contributed by atoms with Gasteiger partial charge in [0.1, 0.15) is 0 Å². The fourth-order valence-corrected chi connectivity index (χ4v) is 8.58. The minimum Gasteiger partial charge on any atom is -0.393 e. The fourth-order valence-electron chi connectivity index (χ4n) is 8.58. The molecule has 0 aromatic rings. The largest absolute Gasteiger partial charge is 0.393 e. The van der Waals surface area contributed by atoms with Crippen LogP contribution >= 0.6 is 0 Å². The first kappa shape index (κ1) is 22.3. The van der Waals surface area contributed by atoms with Crippen molar-refractivity contribution in [2.45, 2.75) is 105 Å². The fraction of sp³-hybridized carbons (Fsp3) is 0.920. The van der Waals surface area contributed by atoms with Gasteiger partial charge in [-0.1, -0.05) is 45.8 Å². The van der Waals surface area contributed by atoms with Crippen LogP contribution < -0.4 is 0 Å². The zero-order chi connectivity index (χ0) is 21.0. The molecule has 0 amide bonds. The molecule has 3 rings (SSSR count). The van der Waals surface area contributed by atoms with Crippen molar-refractivity contribution >= 4 is 0 Å². The third-order valence-electron chi connectivity index (χ3n) is 9.47. The minimum absolute atomic E-state index is 0.0423. The van der Waals surface area contributed by atoms with E-state index in [4.69, 9.17) is 0 Å². The minimum atomic E-state index is -0.683. The third kappa shape index (κ3) is 3.50. The smallest absolute Gasteiger partial charge is 0.0653 e. The van der Waals surface area contributed by atoms with Crippen molar-refractivity contribution in [3.8, 4) is 0 Å². The molecule has 0 bridgehead atoms. The summed E-state index contributed by atoms with van der Waals surface area (Å²) in [6.45, 7) is 13.7. The number of aliphatic hydroxyl groups excluding tert-OH is 2. The number of fused-ring (bicyclic) bond motifs is 3. The highest BCUT2D eigenvalue weighted by Gasteiger charge is 2.66. The maximum absolute atomic E-state index is 11.4. The molecule has 0 spiro atoms. The topological polar surface area (TPSA) is 60.7 Å². The van der Waals surface area contributed by atoms with E-state index in [9.17, 15) is 15.3 Å². The summed E-state index contributed by atoms with van der Waals surface area (Å²) >= 11 is 0. The Morgan fingerprint density at radius 3 is 2.36 bits per heavy atom. The molecule has 3 N–H and O–H groups in total. The van der Waals surface area contributed by atoms with E-state index < -0.39 is 5.60 Å². The normalized spacial score (nSPS) is 48.7. The number of rotatable bonds is 4. The Kier molecular flexibility index (Phi) is 5.89. The summed E-state index contributed by atoms with van der Waals surface area (Å²) in [5.41, 5.74) is 0.808. The first-order valence-electron chi connectivity index (χ1n) is 11.6. The zero-order valence-electron chi connectivity index (χ0n) is 19.1. The van der Waals surface area contributed by atoms with Crippen LogP contribution in [-0.4, -0.2) is 33.6 Å². The second-order valence-electron chi connectivity index (χ2n) is 11.9. The van der Waals surface area contributed by atoms with Gasteiger partial charge in [-0.25, -0.2) is 0 Å². The van der Waals surface area contributed by atoms with Crippen molar-refractivity contribution < 1.29 is 15.3 Å². The van der Waals surface area contributed by atoms with Gasteiger partial charge >= 0.3 is 0 Å². The Hall–Kier alpha value is -0.380. The molecular formula is C25H44O3. The highest BCUT2D eigenvalue weighted by Crippen LogP contribution is 2.70. The van der Waals surface area contributed by atoms with Gasteiger partial charge in [-0.2, -0.15) is 0 Å². The van der Waals surface area contributed by atoms with E-state index in [-0.39, 0.29) is 34.9 Å². The lowest BCUT2D eigenvalue weighted by atomic mass is 9.37. The van der Waals surface area contributed by atoms with Crippen molar-refractivity contribution in [3.05, 3.63) is 11.6 Å². The van der Waals surface area contributed by atoms with Crippen LogP contribution in [0.25, 0.3) is 0 Å². The van der Waals surface area contributed by atoms with E-state index in [1.807, 2.05) is 13.0 Å². The Balaban J connectivity index is 1.97. The van der Waals surface area contributed by atoms with E-state index >= 15 is 0 Å². The van der Waals surface area contributed by atoms with E-state index in [1.165, 1.54) is 24.8 Å². The van der Waals surface area contributed by atoms with E-state index in [0.29, 0.717) is 11.8 Å². The second-order valence-corrected chi connectivity index (χ2v) is 11.9. The standard InChI is InChI=1S/C25H44O3/c1-17(11-15-26)8-9-20-24(5)16-18(27)21-22(2,3)12-7-13-23(21,4)19(24)10-14-25(20,6)28/h11,18-21,26-28H,7-10,12-16H2,1-6H3/b17-11-/t18-,19+,20-,21-,23+,24+,25-/m0/s1. The van der Waals surface area contributed by atoms with Gasteiger partial charge in [0, 0.05) is 0 Å². The first-order valence-corrected chi connectivity index (χ1v) is 11.6. The lowest BCUT2D eigenvalue weighted by molar-refractivity contribution is -0.243. The van der Waals surface area contributed by atoms with E-state index in [2.05, 4.69) is 34.6 Å². The molecule has 3 saturated carbocycles. The predicted molar refractivity (Wildman–Crippen MR) is 115 cm³/mol. The van der Waals surface area contributed by atoms with Crippen molar-refractivity contribution in [1.29, 1.82) is 0 Å². The molecule has 162 valence electrons. The second kappa shape index (κ2) is 7.39. The van der Waals surface area contributed by atoms with Gasteiger partial charge in [0.25, 0.3) is 0 Å². The van der Waals surface area contributed by atoms with Crippen LogP contribution in [0.1, 0.15) is 92.9 Å². The number of hydrogen-bond donors (Lipinski definition) is 3. The average molecular weight is 393 g/mol. The molecular weight excluding hydrogens is 348 g/mol. The molecule has 28 heavy (non-hydrogen) atoms. The monoisotopic (exact) mass is 392 g/mol. The molecule has 3 aliphatic rings. The average Bonchev–Trinajstić information content (AvgIpc) is 2.51. The Morgan fingerprint density at radius 1 is 1.04 bits per heavy atom. The third-order valence-corrected chi connectivity index (χ3v) is 9.47. The summed E-state index contributed by atoms with van der Waals surface area (Å²) in [5.74, 6) is 1.09. The molecule has 7 atom stereocenters. The number of allylic oxidation sites excluding steroid dienone is 1. The summed E-state index contributed by atoms with van der Waals surface area (Å²) in [7, 11) is 0. The number of aliphatic hydroxyl groups is 3. The van der Waals surface area contributed by atoms with Gasteiger partial charge in [0.15, 0.2) is 0 Å². The maximum atomic E-state index is 11.4. The molecule has 0 heterocycles. The van der Waals surface area contributed by atoms with Crippen molar-refractivity contribution in [2.24, 2.45) is 34.0 Å². The van der Waals surface area contributed by atoms with Crippen LogP contribution in [-0.2, 0) is 0 Å². The molecule has 3 nitrogen and oxygen atoms in total. The van der Waals surface area contributed by atoms with E-state index in [0.717, 1.165) is 32.1 Å². The summed E-state index contributed by atoms with van der Waals surface area (Å²) in [5, 5.41) is 32.0. The van der Waals surface area contributed by atoms with Gasteiger partial charge in [0.05, 0.1) is 18.3 Å². The molecule has 3 aliphatic carbocycles. The lowest BCUT2D eigenvalue weighted by Crippen LogP contribution is -2.66. The first-order chi connectivity index (χ1) is 12.9. The van der Waals surface area contributed by atoms with Crippen LogP contribution in [0.5, 0.6) is 0 Å². The van der Waals surface area contributed by atoms with Crippen LogP contribution in [0.15, 0.2) is 11.6 Å². The van der Waals surface area contributed by atoms with Gasteiger partial charge in [-0.05, 0) is 92.8 Å². The Morgan fingerprint density at radius 2 is 1.71 bits per heavy atom. The molecule has 0 radical (unpaired) electrons. The van der Waals surface area contributed by atoms with Crippen molar-refractivity contribution in [2.75, 3.05) is 6.61 Å². The van der Waals surface area contributed by atoms with Gasteiger partial charge < -0.3 is 15.3 Å². The maximum Gasteiger partial charge on any atom is 0.0653 e. The van der Waals surface area contributed by atoms with Crippen LogP contribution in [0.4, 0.5) is 0 Å². The highest BCUT2D eigenvalue weighted by atomic mass is 16.3. The summed E-state index contributed by atoms with van der Waals surface area (Å²) < 4.78 is 0. The molecule has 0 aromatic heterocycles.